The quantitative estimate of drug-likeness (QED) is 0.520. The fraction of sp³-hybridized carbons (Fsp3) is 0.345. The van der Waals surface area contributed by atoms with Crippen LogP contribution in [0, 0.1) is 6.92 Å². The highest BCUT2D eigenvalue weighted by molar-refractivity contribution is 6.02. The van der Waals surface area contributed by atoms with Gasteiger partial charge in [0, 0.05) is 50.0 Å². The van der Waals surface area contributed by atoms with Gasteiger partial charge in [-0.25, -0.2) is 5.01 Å². The van der Waals surface area contributed by atoms with E-state index in [4.69, 9.17) is 14.6 Å². The maximum absolute atomic E-state index is 6.82. The van der Waals surface area contributed by atoms with Crippen LogP contribution in [-0.4, -0.2) is 41.5 Å². The van der Waals surface area contributed by atoms with Crippen molar-refractivity contribution in [2.24, 2.45) is 5.10 Å². The molecule has 3 aromatic rings. The molecule has 1 atom stereocenters. The smallest absolute Gasteiger partial charge is 0.200 e. The van der Waals surface area contributed by atoms with Crippen LogP contribution in [0.4, 0.5) is 0 Å². The normalized spacial score (nSPS) is 20.9. The zero-order valence-electron chi connectivity index (χ0n) is 19.9. The molecule has 3 heterocycles. The lowest BCUT2D eigenvalue weighted by molar-refractivity contribution is -0.150. The number of piperidine rings is 1. The van der Waals surface area contributed by atoms with E-state index in [1.807, 2.05) is 12.1 Å². The number of hydrogen-bond donors (Lipinski definition) is 0. The summed E-state index contributed by atoms with van der Waals surface area (Å²) in [5, 5.41) is 7.52. The summed E-state index contributed by atoms with van der Waals surface area (Å²) in [5.74, 6) is 1.88. The molecule has 0 saturated carbocycles. The van der Waals surface area contributed by atoms with Crippen LogP contribution in [0.2, 0.25) is 0 Å². The molecule has 1 fully saturated rings. The lowest BCUT2D eigenvalue weighted by atomic mass is 9.90. The van der Waals surface area contributed by atoms with Gasteiger partial charge in [0.1, 0.15) is 11.5 Å². The van der Waals surface area contributed by atoms with Crippen molar-refractivity contribution in [3.05, 3.63) is 95.1 Å². The Kier molecular flexibility index (Phi) is 5.30. The van der Waals surface area contributed by atoms with Crippen LogP contribution in [0.15, 0.2) is 77.9 Å². The van der Waals surface area contributed by atoms with E-state index in [1.54, 1.807) is 7.11 Å². The molecule has 0 bridgehead atoms. The lowest BCUT2D eigenvalue weighted by Gasteiger charge is -2.51. The fourth-order valence-corrected chi connectivity index (χ4v) is 5.61. The summed E-state index contributed by atoms with van der Waals surface area (Å²) in [6.07, 6.45) is 2.74. The van der Waals surface area contributed by atoms with Crippen LogP contribution in [0.3, 0.4) is 0 Å². The van der Waals surface area contributed by atoms with Crippen molar-refractivity contribution in [3.63, 3.8) is 0 Å². The zero-order chi connectivity index (χ0) is 23.1. The highest BCUT2D eigenvalue weighted by Gasteiger charge is 2.51. The Morgan fingerprint density at radius 3 is 2.62 bits per heavy atom. The minimum Gasteiger partial charge on any atom is -0.497 e. The summed E-state index contributed by atoms with van der Waals surface area (Å²) in [6.45, 7) is 5.11. The van der Waals surface area contributed by atoms with Crippen LogP contribution in [0.1, 0.15) is 47.6 Å². The van der Waals surface area contributed by atoms with Crippen molar-refractivity contribution in [3.8, 4) is 11.5 Å². The Balaban J connectivity index is 1.31. The number of hydrazone groups is 1. The second kappa shape index (κ2) is 8.48. The molecule has 1 unspecified atom stereocenters. The summed E-state index contributed by atoms with van der Waals surface area (Å²) < 4.78 is 12.3. The van der Waals surface area contributed by atoms with Gasteiger partial charge < -0.3 is 9.47 Å². The Bertz CT molecular complexity index is 1220. The van der Waals surface area contributed by atoms with Gasteiger partial charge in [-0.15, -0.1) is 0 Å². The molecule has 3 aliphatic rings. The number of aryl methyl sites for hydroxylation is 1. The number of ether oxygens (including phenoxy) is 2. The first-order valence-corrected chi connectivity index (χ1v) is 12.2. The SMILES string of the molecule is COc1cccc(C2=NN3C(C2)c2cc(C)ccc2OC32CCN(Cc3ccccc3)CC2)c1. The van der Waals surface area contributed by atoms with Crippen LogP contribution in [-0.2, 0) is 6.54 Å². The van der Waals surface area contributed by atoms with Crippen molar-refractivity contribution in [1.82, 2.24) is 9.91 Å². The first-order valence-electron chi connectivity index (χ1n) is 12.2. The summed E-state index contributed by atoms with van der Waals surface area (Å²) in [4.78, 5) is 2.53. The van der Waals surface area contributed by atoms with Crippen molar-refractivity contribution in [2.45, 2.75) is 44.5 Å². The molecule has 0 aromatic heterocycles. The van der Waals surface area contributed by atoms with Gasteiger partial charge in [0.2, 0.25) is 5.72 Å². The molecule has 3 aromatic carbocycles. The third-order valence-corrected chi connectivity index (χ3v) is 7.44. The monoisotopic (exact) mass is 453 g/mol. The van der Waals surface area contributed by atoms with Crippen LogP contribution in [0.5, 0.6) is 11.5 Å². The molecule has 3 aliphatic heterocycles. The summed E-state index contributed by atoms with van der Waals surface area (Å²) >= 11 is 0. The number of benzene rings is 3. The van der Waals surface area contributed by atoms with E-state index >= 15 is 0 Å². The average Bonchev–Trinajstić information content (AvgIpc) is 3.34. The molecule has 5 heteroatoms. The highest BCUT2D eigenvalue weighted by atomic mass is 16.5. The van der Waals surface area contributed by atoms with E-state index in [0.29, 0.717) is 0 Å². The van der Waals surface area contributed by atoms with Crippen LogP contribution < -0.4 is 9.47 Å². The van der Waals surface area contributed by atoms with E-state index in [2.05, 4.69) is 77.5 Å². The topological polar surface area (TPSA) is 37.3 Å². The van der Waals surface area contributed by atoms with Gasteiger partial charge >= 0.3 is 0 Å². The Morgan fingerprint density at radius 1 is 1.00 bits per heavy atom. The number of hydrogen-bond acceptors (Lipinski definition) is 5. The second-order valence-electron chi connectivity index (χ2n) is 9.69. The van der Waals surface area contributed by atoms with Crippen LogP contribution in [0.25, 0.3) is 0 Å². The molecule has 1 spiro atoms. The summed E-state index contributed by atoms with van der Waals surface area (Å²) in [7, 11) is 1.71. The largest absolute Gasteiger partial charge is 0.497 e. The Hall–Kier alpha value is -3.31. The Morgan fingerprint density at radius 2 is 1.82 bits per heavy atom. The standard InChI is InChI=1S/C29H31N3O2/c1-21-11-12-28-25(17-21)27-19-26(23-9-6-10-24(18-23)33-2)30-32(27)29(34-28)13-15-31(16-14-29)20-22-7-4-3-5-8-22/h3-12,17-18,27H,13-16,19-20H2,1-2H3. The third kappa shape index (κ3) is 3.74. The molecular weight excluding hydrogens is 422 g/mol. The Labute approximate surface area is 201 Å². The summed E-state index contributed by atoms with van der Waals surface area (Å²) in [6, 6.07) is 25.8. The molecule has 0 amide bonds. The molecule has 0 aliphatic carbocycles. The molecule has 0 radical (unpaired) electrons. The van der Waals surface area contributed by atoms with E-state index in [-0.39, 0.29) is 6.04 Å². The average molecular weight is 454 g/mol. The number of likely N-dealkylation sites (tertiary alicyclic amines) is 1. The zero-order valence-corrected chi connectivity index (χ0v) is 19.9. The van der Waals surface area contributed by atoms with Gasteiger partial charge in [0.25, 0.3) is 0 Å². The number of fused-ring (bicyclic) bond motifs is 4. The van der Waals surface area contributed by atoms with Gasteiger partial charge in [-0.2, -0.15) is 5.10 Å². The second-order valence-corrected chi connectivity index (χ2v) is 9.69. The summed E-state index contributed by atoms with van der Waals surface area (Å²) in [5.41, 5.74) is 5.69. The minimum absolute atomic E-state index is 0.200. The highest BCUT2D eigenvalue weighted by Crippen LogP contribution is 2.50. The number of rotatable bonds is 4. The third-order valence-electron chi connectivity index (χ3n) is 7.44. The molecule has 5 nitrogen and oxygen atoms in total. The van der Waals surface area contributed by atoms with Crippen molar-refractivity contribution >= 4 is 5.71 Å². The molecule has 6 rings (SSSR count). The van der Waals surface area contributed by atoms with Crippen molar-refractivity contribution in [1.29, 1.82) is 0 Å². The lowest BCUT2D eigenvalue weighted by Crippen LogP contribution is -2.59. The maximum atomic E-state index is 6.82. The molecule has 34 heavy (non-hydrogen) atoms. The number of methoxy groups -OCH3 is 1. The van der Waals surface area contributed by atoms with E-state index in [1.165, 1.54) is 16.7 Å². The molecule has 0 N–H and O–H groups in total. The first-order chi connectivity index (χ1) is 16.6. The van der Waals surface area contributed by atoms with Gasteiger partial charge in [-0.3, -0.25) is 4.90 Å². The molecule has 1 saturated heterocycles. The van der Waals surface area contributed by atoms with Gasteiger partial charge in [0.15, 0.2) is 0 Å². The van der Waals surface area contributed by atoms with E-state index < -0.39 is 5.72 Å². The molecule has 174 valence electrons. The van der Waals surface area contributed by atoms with Gasteiger partial charge in [0.05, 0.1) is 18.9 Å². The van der Waals surface area contributed by atoms with Crippen molar-refractivity contribution in [2.75, 3.05) is 20.2 Å². The maximum Gasteiger partial charge on any atom is 0.200 e. The van der Waals surface area contributed by atoms with Gasteiger partial charge in [-0.1, -0.05) is 60.2 Å². The minimum atomic E-state index is -0.402. The van der Waals surface area contributed by atoms with Crippen LogP contribution >= 0.6 is 0 Å². The molecular formula is C29H31N3O2. The van der Waals surface area contributed by atoms with Gasteiger partial charge in [-0.05, 0) is 30.7 Å². The number of nitrogens with zero attached hydrogens (tertiary/aromatic N) is 3. The fourth-order valence-electron chi connectivity index (χ4n) is 5.61. The predicted octanol–water partition coefficient (Wildman–Crippen LogP) is 5.54. The predicted molar refractivity (Wildman–Crippen MR) is 134 cm³/mol. The first kappa shape index (κ1) is 21.2. The van der Waals surface area contributed by atoms with E-state index in [9.17, 15) is 0 Å². The van der Waals surface area contributed by atoms with Crippen molar-refractivity contribution < 1.29 is 9.47 Å². The van der Waals surface area contributed by atoms with E-state index in [0.717, 1.165) is 61.7 Å².